The Morgan fingerprint density at radius 2 is 0.713 bits per heavy atom. The molecule has 1 saturated heterocycles. The van der Waals surface area contributed by atoms with Crippen molar-refractivity contribution in [1.82, 2.24) is 114 Å². The first-order chi connectivity index (χ1) is 64.9. The number of aryl methyl sites for hydroxylation is 1. The van der Waals surface area contributed by atoms with Gasteiger partial charge in [0.05, 0.1) is 86.6 Å². The second-order valence-electron chi connectivity index (χ2n) is 38.8. The van der Waals surface area contributed by atoms with Crippen LogP contribution in [-0.2, 0) is 110 Å². The normalized spacial score (nSPS) is 12.7. The molecule has 1 fully saturated rings. The Morgan fingerprint density at radius 1 is 0.390 bits per heavy atom. The summed E-state index contributed by atoms with van der Waals surface area (Å²) in [5.41, 5.74) is 9.93. The minimum atomic E-state index is -0.138. The van der Waals surface area contributed by atoms with Gasteiger partial charge in [-0.2, -0.15) is 25.5 Å². The molecule has 1 aliphatic heterocycles. The van der Waals surface area contributed by atoms with Gasteiger partial charge in [-0.05, 0) is 132 Å². The zero-order valence-electron chi connectivity index (χ0n) is 80.6. The van der Waals surface area contributed by atoms with Crippen LogP contribution < -0.4 is 18.9 Å². The van der Waals surface area contributed by atoms with Gasteiger partial charge in [0.15, 0.2) is 22.6 Å². The topological polar surface area (TPSA) is 402 Å². The summed E-state index contributed by atoms with van der Waals surface area (Å²) in [6.45, 7) is 39.7. The van der Waals surface area contributed by atoms with Crippen molar-refractivity contribution in [3.8, 4) is 46.5 Å². The molecular formula is C101H119N23O12. The van der Waals surface area contributed by atoms with Crippen LogP contribution in [0.5, 0.6) is 46.5 Å². The molecule has 4 aromatic carbocycles. The summed E-state index contributed by atoms with van der Waals surface area (Å²) in [4.78, 5) is 89.2. The van der Waals surface area contributed by atoms with Gasteiger partial charge in [0.1, 0.15) is 110 Å². The predicted molar refractivity (Wildman–Crippen MR) is 511 cm³/mol. The van der Waals surface area contributed by atoms with Crippen molar-refractivity contribution in [2.24, 2.45) is 0 Å². The molecule has 35 nitrogen and oxygen atoms in total. The van der Waals surface area contributed by atoms with Gasteiger partial charge in [0, 0.05) is 116 Å². The lowest BCUT2D eigenvalue weighted by molar-refractivity contribution is -0.118. The molecule has 12 aromatic heterocycles. The number of ether oxygens (including phenoxy) is 5. The second-order valence-corrected chi connectivity index (χ2v) is 38.8. The third kappa shape index (κ3) is 26.4. The van der Waals surface area contributed by atoms with Gasteiger partial charge in [0.25, 0.3) is 0 Å². The van der Waals surface area contributed by atoms with E-state index in [0.29, 0.717) is 95.7 Å². The molecule has 710 valence electrons. The molecule has 0 unspecified atom stereocenters. The lowest BCUT2D eigenvalue weighted by Crippen LogP contribution is -2.38. The number of carbonyl (C=O) groups is 4. The predicted octanol–water partition coefficient (Wildman–Crippen LogP) is 17.2. The number of carbonyl (C=O) groups excluding carboxylic acids is 4. The zero-order chi connectivity index (χ0) is 96.6. The van der Waals surface area contributed by atoms with E-state index in [0.717, 1.165) is 154 Å². The van der Waals surface area contributed by atoms with E-state index in [1.807, 2.05) is 230 Å². The number of fused-ring (bicyclic) bond motifs is 4. The van der Waals surface area contributed by atoms with E-state index in [4.69, 9.17) is 37.3 Å². The average Bonchev–Trinajstić information content (AvgIpc) is 1.66. The largest absolute Gasteiger partial charge is 0.438 e. The summed E-state index contributed by atoms with van der Waals surface area (Å²) in [5, 5.41) is 40.2. The lowest BCUT2D eigenvalue weighted by atomic mass is 9.92. The highest BCUT2D eigenvalue weighted by atomic mass is 16.5. The maximum atomic E-state index is 12.6. The molecule has 0 aliphatic carbocycles. The number of morpholine rings is 1. The Balaban J connectivity index is 0.000000145. The second kappa shape index (κ2) is 43.4. The number of nitrogens with zero attached hydrogens (tertiary/aromatic N) is 22. The number of aromatic nitrogens is 21. The van der Waals surface area contributed by atoms with E-state index in [-0.39, 0.29) is 76.1 Å². The number of aromatic amines is 1. The summed E-state index contributed by atoms with van der Waals surface area (Å²) < 4.78 is 53.0. The van der Waals surface area contributed by atoms with Gasteiger partial charge in [-0.1, -0.05) is 147 Å². The van der Waals surface area contributed by atoms with Crippen molar-refractivity contribution < 1.29 is 56.4 Å². The van der Waals surface area contributed by atoms with Crippen molar-refractivity contribution >= 4 is 67.3 Å². The van der Waals surface area contributed by atoms with Crippen molar-refractivity contribution in [2.75, 3.05) is 53.5 Å². The van der Waals surface area contributed by atoms with E-state index in [1.165, 1.54) is 25.3 Å². The molecule has 0 bridgehead atoms. The fraction of sp³-hybridized carbons (Fsp3) is 0.406. The van der Waals surface area contributed by atoms with Crippen molar-refractivity contribution in [1.29, 1.82) is 0 Å². The molecule has 16 aromatic rings. The third-order valence-electron chi connectivity index (χ3n) is 22.2. The molecule has 0 saturated carbocycles. The summed E-state index contributed by atoms with van der Waals surface area (Å²) >= 11 is 0. The minimum absolute atomic E-state index is 0.0453. The van der Waals surface area contributed by atoms with Crippen molar-refractivity contribution in [3.63, 3.8) is 0 Å². The Kier molecular flexibility index (Phi) is 31.1. The Labute approximate surface area is 788 Å². The maximum absolute atomic E-state index is 12.6. The van der Waals surface area contributed by atoms with Crippen LogP contribution in [0, 0.1) is 0 Å². The van der Waals surface area contributed by atoms with Crippen LogP contribution in [0.25, 0.3) is 44.1 Å². The number of benzene rings is 4. The van der Waals surface area contributed by atoms with Crippen molar-refractivity contribution in [2.45, 2.75) is 215 Å². The van der Waals surface area contributed by atoms with Crippen LogP contribution in [-0.4, -0.2) is 191 Å². The van der Waals surface area contributed by atoms with Gasteiger partial charge < -0.3 is 42.2 Å². The molecular weight excluding hydrogens is 1730 g/mol. The van der Waals surface area contributed by atoms with Crippen LogP contribution in [0.4, 0.5) is 0 Å². The van der Waals surface area contributed by atoms with Gasteiger partial charge in [-0.3, -0.25) is 29.2 Å². The van der Waals surface area contributed by atoms with Crippen LogP contribution in [0.2, 0.25) is 0 Å². The SMILES string of the molecule is CC(C)(C)c1cc(CC(=O)Cc2ccc(Oc3ncnc4c3cnn4CCN3CCOCC3)cc2)no1.CC(C)n1ncc2c(Oc3ccc(CC(=O)Cc4cc(C(C)(C)C)n[nH]4)cc3)ncnc21.CC(C)n1ncc2c(Oc3ccc(CC(=O)Cc4cc(C(C)(C)C)on4)cc3)ncnc21.CN(C)CCCn1ncc2c(Oc3ccc(CC(=O)Cc4cc(C(C)(C)C)on4)cc3)ncnc21. The Bertz CT molecular complexity index is 6510. The van der Waals surface area contributed by atoms with E-state index < -0.39 is 0 Å². The molecule has 0 amide bonds. The fourth-order valence-electron chi connectivity index (χ4n) is 14.6. The van der Waals surface area contributed by atoms with Gasteiger partial charge in [0.2, 0.25) is 23.5 Å². The molecule has 1 aliphatic rings. The first-order valence-electron chi connectivity index (χ1n) is 45.7. The average molecular weight is 1850 g/mol. The first-order valence-corrected chi connectivity index (χ1v) is 45.7. The number of rotatable bonds is 33. The summed E-state index contributed by atoms with van der Waals surface area (Å²) in [7, 11) is 4.10. The lowest BCUT2D eigenvalue weighted by Gasteiger charge is -2.26. The zero-order valence-corrected chi connectivity index (χ0v) is 80.6. The fourth-order valence-corrected chi connectivity index (χ4v) is 14.6. The highest BCUT2D eigenvalue weighted by molar-refractivity contribution is 5.86. The summed E-state index contributed by atoms with van der Waals surface area (Å²) in [6, 6.07) is 37.8. The smallest absolute Gasteiger partial charge is 0.233 e. The van der Waals surface area contributed by atoms with Crippen LogP contribution in [0.15, 0.2) is 185 Å². The molecule has 35 heteroatoms. The highest BCUT2D eigenvalue weighted by Gasteiger charge is 2.27. The summed E-state index contributed by atoms with van der Waals surface area (Å²) in [5.74, 6) is 7.03. The highest BCUT2D eigenvalue weighted by Crippen LogP contribution is 2.35. The minimum Gasteiger partial charge on any atom is -0.438 e. The molecule has 136 heavy (non-hydrogen) atoms. The van der Waals surface area contributed by atoms with Crippen LogP contribution in [0.1, 0.15) is 197 Å². The molecule has 0 spiro atoms. The van der Waals surface area contributed by atoms with E-state index >= 15 is 0 Å². The molecule has 0 radical (unpaired) electrons. The molecule has 1 N–H and O–H groups in total. The van der Waals surface area contributed by atoms with E-state index in [2.05, 4.69) is 131 Å². The molecule has 17 rings (SSSR count). The quantitative estimate of drug-likeness (QED) is 0.0399. The van der Waals surface area contributed by atoms with Gasteiger partial charge in [-0.15, -0.1) is 0 Å². The van der Waals surface area contributed by atoms with Gasteiger partial charge in [-0.25, -0.2) is 58.6 Å². The van der Waals surface area contributed by atoms with Crippen LogP contribution in [0.3, 0.4) is 0 Å². The molecule has 13 heterocycles. The monoisotopic (exact) mass is 1850 g/mol. The number of hydrogen-bond acceptors (Lipinski definition) is 30. The standard InChI is InChI=1S/C27H32N6O4.C26H32N6O3.C24H28N6O2.C24H27N5O3/c1-27(2,3)24-16-20(31-37-24)15-21(34)14-19-4-6-22(7-5-19)36-26-23-17-30-33(25(23)28-18-29-26)9-8-32-10-12-35-13-11-32;1-26(2,3)23-15-19(30-35-23)14-20(33)13-18-7-9-21(10-8-18)34-25-22-16-29-32(12-6-11-31(4)5)24(22)27-17-28-25;1-15(2)30-22-20(13-27-30)23(26-14-25-22)32-19-8-6-16(7-9-19)10-18(31)11-17-12-21(29-28-17)24(3,4)5;1-15(2)29-22-20(13-27-29)23(26-14-25-22)31-19-8-6-16(7-9-19)10-18(30)11-17-12-21(32-28-17)24(3,4)5/h4-7,16-18H,8-15H2,1-3H3;7-10,15-17H,6,11-14H2,1-5H3;6-9,12-15H,10-11H2,1-5H3,(H,28,29);6-9,12-15H,10-11H2,1-5H3. The maximum Gasteiger partial charge on any atom is 0.233 e. The van der Waals surface area contributed by atoms with Crippen LogP contribution >= 0.6 is 0 Å². The number of Topliss-reactive ketones (excluding diaryl/α,β-unsaturated/α-hetero) is 4. The number of nitrogens with one attached hydrogen (secondary N) is 1. The first kappa shape index (κ1) is 97.7. The molecule has 0 atom stereocenters. The number of ketones is 4. The van der Waals surface area contributed by atoms with Crippen molar-refractivity contribution in [3.05, 3.63) is 239 Å². The Hall–Kier alpha value is -14.3. The Morgan fingerprint density at radius 3 is 1.03 bits per heavy atom. The third-order valence-corrected chi connectivity index (χ3v) is 22.2. The number of hydrogen-bond donors (Lipinski definition) is 1. The van der Waals surface area contributed by atoms with E-state index in [9.17, 15) is 19.2 Å². The number of H-pyrrole nitrogens is 1. The van der Waals surface area contributed by atoms with Gasteiger partial charge >= 0.3 is 0 Å². The van der Waals surface area contributed by atoms with E-state index in [1.54, 1.807) is 24.8 Å². The summed E-state index contributed by atoms with van der Waals surface area (Å²) in [6.07, 6.45) is 16.2.